The smallest absolute Gasteiger partial charge is 0.323 e. The van der Waals surface area contributed by atoms with Gasteiger partial charge in [0.2, 0.25) is 0 Å². The SMILES string of the molecule is CNC1C(=O)O[C@@H](C)[C@@H]1C. The minimum absolute atomic E-state index is 0.0601. The monoisotopic (exact) mass is 143 g/mol. The van der Waals surface area contributed by atoms with Gasteiger partial charge in [0.05, 0.1) is 0 Å². The van der Waals surface area contributed by atoms with Gasteiger partial charge in [-0.15, -0.1) is 0 Å². The Hall–Kier alpha value is -0.570. The van der Waals surface area contributed by atoms with Crippen molar-refractivity contribution in [2.24, 2.45) is 5.92 Å². The molecular formula is C7H13NO2. The van der Waals surface area contributed by atoms with E-state index in [4.69, 9.17) is 4.74 Å². The van der Waals surface area contributed by atoms with Crippen LogP contribution in [0.2, 0.25) is 0 Å². The average Bonchev–Trinajstić information content (AvgIpc) is 2.09. The molecule has 1 unspecified atom stereocenters. The summed E-state index contributed by atoms with van der Waals surface area (Å²) in [6, 6.07) is -0.102. The third kappa shape index (κ3) is 1.01. The largest absolute Gasteiger partial charge is 0.461 e. The number of nitrogens with one attached hydrogen (secondary N) is 1. The van der Waals surface area contributed by atoms with Gasteiger partial charge in [-0.05, 0) is 14.0 Å². The van der Waals surface area contributed by atoms with Gasteiger partial charge in [0.25, 0.3) is 0 Å². The van der Waals surface area contributed by atoms with Crippen molar-refractivity contribution in [3.05, 3.63) is 0 Å². The van der Waals surface area contributed by atoms with E-state index >= 15 is 0 Å². The normalized spacial score (nSPS) is 39.9. The van der Waals surface area contributed by atoms with Crippen LogP contribution in [-0.4, -0.2) is 25.2 Å². The summed E-state index contributed by atoms with van der Waals surface area (Å²) in [5, 5.41) is 2.92. The zero-order valence-corrected chi connectivity index (χ0v) is 6.55. The zero-order valence-electron chi connectivity index (χ0n) is 6.55. The Morgan fingerprint density at radius 3 is 2.30 bits per heavy atom. The van der Waals surface area contributed by atoms with E-state index < -0.39 is 0 Å². The fourth-order valence-corrected chi connectivity index (χ4v) is 1.23. The Labute approximate surface area is 60.7 Å². The first-order valence-corrected chi connectivity index (χ1v) is 3.54. The van der Waals surface area contributed by atoms with Crippen molar-refractivity contribution in [1.82, 2.24) is 5.32 Å². The lowest BCUT2D eigenvalue weighted by atomic mass is 10.0. The Bertz CT molecular complexity index is 147. The molecule has 0 bridgehead atoms. The van der Waals surface area contributed by atoms with E-state index in [0.717, 1.165) is 0 Å². The van der Waals surface area contributed by atoms with Crippen molar-refractivity contribution >= 4 is 5.97 Å². The Kier molecular flexibility index (Phi) is 1.94. The Morgan fingerprint density at radius 2 is 2.10 bits per heavy atom. The van der Waals surface area contributed by atoms with Crippen molar-refractivity contribution < 1.29 is 9.53 Å². The van der Waals surface area contributed by atoms with E-state index in [1.165, 1.54) is 0 Å². The summed E-state index contributed by atoms with van der Waals surface area (Å²) in [5.41, 5.74) is 0. The molecule has 58 valence electrons. The third-order valence-corrected chi connectivity index (χ3v) is 2.13. The second kappa shape index (κ2) is 2.58. The van der Waals surface area contributed by atoms with Gasteiger partial charge in [0.1, 0.15) is 12.1 Å². The van der Waals surface area contributed by atoms with Gasteiger partial charge in [-0.25, -0.2) is 0 Å². The maximum atomic E-state index is 10.9. The average molecular weight is 143 g/mol. The molecule has 0 aromatic rings. The zero-order chi connectivity index (χ0) is 7.72. The predicted octanol–water partition coefficient (Wildman–Crippen LogP) is 0.156. The fraction of sp³-hybridized carbons (Fsp3) is 0.857. The second-order valence-electron chi connectivity index (χ2n) is 2.77. The van der Waals surface area contributed by atoms with E-state index in [1.807, 2.05) is 13.8 Å². The number of carbonyl (C=O) groups excluding carboxylic acids is 1. The molecule has 1 aliphatic heterocycles. The number of hydrogen-bond acceptors (Lipinski definition) is 3. The standard InChI is InChI=1S/C7H13NO2/c1-4-5(2)10-7(9)6(4)8-3/h4-6,8H,1-3H3/t4-,5-,6?/m0/s1. The van der Waals surface area contributed by atoms with Gasteiger partial charge in [0, 0.05) is 5.92 Å². The Morgan fingerprint density at radius 1 is 1.50 bits per heavy atom. The summed E-state index contributed by atoms with van der Waals surface area (Å²) in [4.78, 5) is 10.9. The third-order valence-electron chi connectivity index (χ3n) is 2.13. The molecule has 0 amide bonds. The van der Waals surface area contributed by atoms with Crippen molar-refractivity contribution in [1.29, 1.82) is 0 Å². The molecule has 1 aliphatic rings. The molecule has 3 heteroatoms. The second-order valence-corrected chi connectivity index (χ2v) is 2.77. The molecule has 10 heavy (non-hydrogen) atoms. The first-order valence-electron chi connectivity index (χ1n) is 3.54. The number of carbonyl (C=O) groups is 1. The van der Waals surface area contributed by atoms with Crippen LogP contribution in [0, 0.1) is 5.92 Å². The quantitative estimate of drug-likeness (QED) is 0.531. The van der Waals surface area contributed by atoms with Crippen LogP contribution in [0.15, 0.2) is 0 Å². The minimum Gasteiger partial charge on any atom is -0.461 e. The lowest BCUT2D eigenvalue weighted by molar-refractivity contribution is -0.142. The van der Waals surface area contributed by atoms with Gasteiger partial charge in [-0.2, -0.15) is 0 Å². The van der Waals surface area contributed by atoms with Crippen LogP contribution in [0.3, 0.4) is 0 Å². The van der Waals surface area contributed by atoms with Gasteiger partial charge in [-0.1, -0.05) is 6.92 Å². The number of rotatable bonds is 1. The molecule has 1 saturated heterocycles. The first kappa shape index (κ1) is 7.54. The topological polar surface area (TPSA) is 38.3 Å². The molecule has 3 atom stereocenters. The van der Waals surface area contributed by atoms with E-state index in [9.17, 15) is 4.79 Å². The van der Waals surface area contributed by atoms with Gasteiger partial charge in [0.15, 0.2) is 0 Å². The highest BCUT2D eigenvalue weighted by atomic mass is 16.6. The van der Waals surface area contributed by atoms with Crippen LogP contribution in [-0.2, 0) is 9.53 Å². The van der Waals surface area contributed by atoms with E-state index in [1.54, 1.807) is 7.05 Å². The van der Waals surface area contributed by atoms with Crippen LogP contribution in [0.1, 0.15) is 13.8 Å². The number of cyclic esters (lactones) is 1. The number of ether oxygens (including phenoxy) is 1. The molecule has 0 spiro atoms. The highest BCUT2D eigenvalue weighted by Gasteiger charge is 2.37. The van der Waals surface area contributed by atoms with Gasteiger partial charge >= 0.3 is 5.97 Å². The van der Waals surface area contributed by atoms with E-state index in [0.29, 0.717) is 0 Å². The van der Waals surface area contributed by atoms with Crippen molar-refractivity contribution in [2.45, 2.75) is 26.0 Å². The predicted molar refractivity (Wildman–Crippen MR) is 37.6 cm³/mol. The van der Waals surface area contributed by atoms with E-state index in [-0.39, 0.29) is 24.0 Å². The summed E-state index contributed by atoms with van der Waals surface area (Å²) in [5.74, 6) is 0.167. The number of esters is 1. The molecule has 0 aromatic heterocycles. The molecule has 0 radical (unpaired) electrons. The van der Waals surface area contributed by atoms with Crippen molar-refractivity contribution in [2.75, 3.05) is 7.05 Å². The van der Waals surface area contributed by atoms with Crippen LogP contribution >= 0.6 is 0 Å². The molecule has 1 heterocycles. The summed E-state index contributed by atoms with van der Waals surface area (Å²) >= 11 is 0. The molecule has 0 saturated carbocycles. The van der Waals surface area contributed by atoms with Crippen LogP contribution in [0.5, 0.6) is 0 Å². The van der Waals surface area contributed by atoms with Gasteiger partial charge < -0.3 is 10.1 Å². The van der Waals surface area contributed by atoms with Crippen LogP contribution < -0.4 is 5.32 Å². The maximum absolute atomic E-state index is 10.9. The summed E-state index contributed by atoms with van der Waals surface area (Å²) in [6.07, 6.45) is 0.0601. The van der Waals surface area contributed by atoms with E-state index in [2.05, 4.69) is 5.32 Å². The number of hydrogen-bond donors (Lipinski definition) is 1. The highest BCUT2D eigenvalue weighted by molar-refractivity contribution is 5.78. The van der Waals surface area contributed by atoms with Crippen LogP contribution in [0.4, 0.5) is 0 Å². The molecule has 0 aromatic carbocycles. The molecule has 1 fully saturated rings. The lowest BCUT2D eigenvalue weighted by Crippen LogP contribution is -2.35. The highest BCUT2D eigenvalue weighted by Crippen LogP contribution is 2.20. The molecular weight excluding hydrogens is 130 g/mol. The van der Waals surface area contributed by atoms with Crippen molar-refractivity contribution in [3.8, 4) is 0 Å². The minimum atomic E-state index is -0.123. The van der Waals surface area contributed by atoms with Crippen LogP contribution in [0.25, 0.3) is 0 Å². The molecule has 1 N–H and O–H groups in total. The fourth-order valence-electron chi connectivity index (χ4n) is 1.23. The molecule has 3 nitrogen and oxygen atoms in total. The first-order chi connectivity index (χ1) is 4.66. The summed E-state index contributed by atoms with van der Waals surface area (Å²) in [6.45, 7) is 3.93. The Balaban J connectivity index is 2.64. The number of likely N-dealkylation sites (N-methyl/N-ethyl adjacent to an activating group) is 1. The van der Waals surface area contributed by atoms with Crippen molar-refractivity contribution in [3.63, 3.8) is 0 Å². The summed E-state index contributed by atoms with van der Waals surface area (Å²) < 4.78 is 4.98. The summed E-state index contributed by atoms with van der Waals surface area (Å²) in [7, 11) is 1.78. The molecule has 1 rings (SSSR count). The van der Waals surface area contributed by atoms with Gasteiger partial charge in [-0.3, -0.25) is 4.79 Å². The maximum Gasteiger partial charge on any atom is 0.323 e. The lowest BCUT2D eigenvalue weighted by Gasteiger charge is -2.10. The molecule has 0 aliphatic carbocycles.